The molecule has 148 valence electrons. The number of para-hydroxylation sites is 1. The molecule has 9 nitrogen and oxygen atoms in total. The fourth-order valence-electron chi connectivity index (χ4n) is 3.43. The second-order valence-corrected chi connectivity index (χ2v) is 6.70. The fourth-order valence-corrected chi connectivity index (χ4v) is 3.43. The van der Waals surface area contributed by atoms with E-state index in [9.17, 15) is 14.9 Å². The van der Waals surface area contributed by atoms with Crippen molar-refractivity contribution in [1.29, 1.82) is 0 Å². The zero-order valence-electron chi connectivity index (χ0n) is 15.8. The van der Waals surface area contributed by atoms with E-state index in [2.05, 4.69) is 9.97 Å². The average molecular weight is 393 g/mol. The monoisotopic (exact) mass is 393 g/mol. The largest absolute Gasteiger partial charge is 0.370 e. The second kappa shape index (κ2) is 7.80. The maximum absolute atomic E-state index is 12.5. The summed E-state index contributed by atoms with van der Waals surface area (Å²) in [5, 5.41) is 11.4. The van der Waals surface area contributed by atoms with Gasteiger partial charge in [0, 0.05) is 43.7 Å². The zero-order valence-corrected chi connectivity index (χ0v) is 15.8. The summed E-state index contributed by atoms with van der Waals surface area (Å²) in [6.07, 6.45) is 2.80. The zero-order chi connectivity index (χ0) is 20.4. The molecule has 1 unspecified atom stereocenters. The van der Waals surface area contributed by atoms with Crippen molar-refractivity contribution in [3.8, 4) is 11.3 Å². The number of anilines is 1. The van der Waals surface area contributed by atoms with E-state index in [1.165, 1.54) is 16.7 Å². The quantitative estimate of drug-likeness (QED) is 0.495. The van der Waals surface area contributed by atoms with Gasteiger partial charge in [0.2, 0.25) is 5.95 Å². The minimum absolute atomic E-state index is 0.0201. The van der Waals surface area contributed by atoms with Gasteiger partial charge >= 0.3 is 0 Å². The first-order chi connectivity index (χ1) is 14.0. The third kappa shape index (κ3) is 3.72. The van der Waals surface area contributed by atoms with E-state index < -0.39 is 11.0 Å². The van der Waals surface area contributed by atoms with Crippen molar-refractivity contribution < 1.29 is 9.66 Å². The highest BCUT2D eigenvalue weighted by molar-refractivity contribution is 5.59. The maximum Gasteiger partial charge on any atom is 0.275 e. The predicted molar refractivity (Wildman–Crippen MR) is 107 cm³/mol. The van der Waals surface area contributed by atoms with Crippen molar-refractivity contribution in [2.45, 2.75) is 6.10 Å². The van der Waals surface area contributed by atoms with Crippen LogP contribution in [0.15, 0.2) is 59.7 Å². The predicted octanol–water partition coefficient (Wildman–Crippen LogP) is 2.33. The molecule has 0 spiro atoms. The number of nitro groups is 1. The molecule has 3 aromatic rings. The number of benzene rings is 1. The normalized spacial score (nSPS) is 16.6. The van der Waals surface area contributed by atoms with E-state index in [1.807, 2.05) is 4.90 Å². The van der Waals surface area contributed by atoms with Gasteiger partial charge < -0.3 is 9.64 Å². The number of aromatic nitrogens is 3. The summed E-state index contributed by atoms with van der Waals surface area (Å²) in [5.41, 5.74) is 1.70. The lowest BCUT2D eigenvalue weighted by Crippen LogP contribution is -2.41. The first-order valence-corrected chi connectivity index (χ1v) is 9.13. The molecule has 0 bridgehead atoms. The molecule has 9 heteroatoms. The standard InChI is InChI=1S/C20H19N5O4/c1-23-19(26)12-16(14-6-8-21-9-7-14)22-20(23)24-10-11-29-18(13-24)15-4-2-3-5-17(15)25(27)28/h2-9,12,18H,10-11,13H2,1H3. The van der Waals surface area contributed by atoms with Crippen LogP contribution in [0.1, 0.15) is 11.7 Å². The third-order valence-electron chi connectivity index (χ3n) is 4.92. The molecule has 1 saturated heterocycles. The molecule has 1 atom stereocenters. The van der Waals surface area contributed by atoms with Gasteiger partial charge in [0.25, 0.3) is 11.2 Å². The van der Waals surface area contributed by atoms with Gasteiger partial charge in [-0.25, -0.2) is 4.98 Å². The van der Waals surface area contributed by atoms with Crippen LogP contribution in [0, 0.1) is 10.1 Å². The lowest BCUT2D eigenvalue weighted by Gasteiger charge is -2.34. The highest BCUT2D eigenvalue weighted by Gasteiger charge is 2.29. The minimum Gasteiger partial charge on any atom is -0.370 e. The van der Waals surface area contributed by atoms with Crippen molar-refractivity contribution in [2.75, 3.05) is 24.6 Å². The fraction of sp³-hybridized carbons (Fsp3) is 0.250. The van der Waals surface area contributed by atoms with Crippen LogP contribution >= 0.6 is 0 Å². The summed E-state index contributed by atoms with van der Waals surface area (Å²) >= 11 is 0. The Morgan fingerprint density at radius 1 is 1.21 bits per heavy atom. The van der Waals surface area contributed by atoms with Gasteiger partial charge in [-0.1, -0.05) is 12.1 Å². The van der Waals surface area contributed by atoms with Gasteiger partial charge in [0.1, 0.15) is 6.10 Å². The number of hydrogen-bond acceptors (Lipinski definition) is 7. The van der Waals surface area contributed by atoms with E-state index in [-0.39, 0.29) is 11.2 Å². The van der Waals surface area contributed by atoms with E-state index in [0.717, 1.165) is 5.56 Å². The van der Waals surface area contributed by atoms with Crippen molar-refractivity contribution in [2.24, 2.45) is 7.05 Å². The number of nitrogens with zero attached hydrogens (tertiary/aromatic N) is 5. The molecule has 1 fully saturated rings. The number of pyridine rings is 1. The smallest absolute Gasteiger partial charge is 0.275 e. The van der Waals surface area contributed by atoms with Gasteiger partial charge in [0.05, 0.1) is 29.3 Å². The number of morpholine rings is 1. The Bertz CT molecular complexity index is 1100. The molecule has 3 heterocycles. The first-order valence-electron chi connectivity index (χ1n) is 9.13. The first kappa shape index (κ1) is 18.8. The van der Waals surface area contributed by atoms with Crippen molar-refractivity contribution in [1.82, 2.24) is 14.5 Å². The highest BCUT2D eigenvalue weighted by Crippen LogP contribution is 2.31. The Balaban J connectivity index is 1.70. The van der Waals surface area contributed by atoms with Crippen LogP contribution < -0.4 is 10.5 Å². The molecule has 4 rings (SSSR count). The molecular formula is C20H19N5O4. The second-order valence-electron chi connectivity index (χ2n) is 6.70. The summed E-state index contributed by atoms with van der Waals surface area (Å²) in [4.78, 5) is 34.1. The van der Waals surface area contributed by atoms with Gasteiger partial charge in [-0.2, -0.15) is 0 Å². The van der Waals surface area contributed by atoms with Gasteiger partial charge in [-0.05, 0) is 18.2 Å². The molecule has 0 saturated carbocycles. The highest BCUT2D eigenvalue weighted by atomic mass is 16.6. The lowest BCUT2D eigenvalue weighted by atomic mass is 10.1. The summed E-state index contributed by atoms with van der Waals surface area (Å²) in [7, 11) is 1.66. The summed E-state index contributed by atoms with van der Waals surface area (Å²) in [6, 6.07) is 11.6. The Kier molecular flexibility index (Phi) is 5.05. The topological polar surface area (TPSA) is 103 Å². The molecule has 0 radical (unpaired) electrons. The lowest BCUT2D eigenvalue weighted by molar-refractivity contribution is -0.386. The van der Waals surface area contributed by atoms with Crippen molar-refractivity contribution in [3.63, 3.8) is 0 Å². The Labute approximate surface area is 166 Å². The van der Waals surface area contributed by atoms with Gasteiger partial charge in [-0.3, -0.25) is 24.5 Å². The molecule has 1 aliphatic rings. The third-order valence-corrected chi connectivity index (χ3v) is 4.92. The van der Waals surface area contributed by atoms with Crippen LogP contribution in [0.4, 0.5) is 11.6 Å². The summed E-state index contributed by atoms with van der Waals surface area (Å²) in [6.45, 7) is 1.24. The summed E-state index contributed by atoms with van der Waals surface area (Å²) in [5.74, 6) is 0.496. The Morgan fingerprint density at radius 3 is 2.72 bits per heavy atom. The van der Waals surface area contributed by atoms with E-state index in [4.69, 9.17) is 4.74 Å². The van der Waals surface area contributed by atoms with Crippen LogP contribution in [0.5, 0.6) is 0 Å². The molecular weight excluding hydrogens is 374 g/mol. The Hall–Kier alpha value is -3.59. The molecule has 0 N–H and O–H groups in total. The molecule has 29 heavy (non-hydrogen) atoms. The number of ether oxygens (including phenoxy) is 1. The number of nitro benzene ring substituents is 1. The molecule has 0 amide bonds. The average Bonchev–Trinajstić information content (AvgIpc) is 2.76. The molecule has 0 aliphatic carbocycles. The SMILES string of the molecule is Cn1c(N2CCOC(c3ccccc3[N+](=O)[O-])C2)nc(-c2ccncc2)cc1=O. The summed E-state index contributed by atoms with van der Waals surface area (Å²) < 4.78 is 7.30. The maximum atomic E-state index is 12.5. The molecule has 1 aromatic carbocycles. The molecule has 2 aromatic heterocycles. The molecule has 1 aliphatic heterocycles. The Morgan fingerprint density at radius 2 is 1.97 bits per heavy atom. The van der Waals surface area contributed by atoms with Crippen LogP contribution in [-0.4, -0.2) is 39.2 Å². The van der Waals surface area contributed by atoms with E-state index in [0.29, 0.717) is 36.9 Å². The van der Waals surface area contributed by atoms with E-state index in [1.54, 1.807) is 49.8 Å². The van der Waals surface area contributed by atoms with Crippen molar-refractivity contribution in [3.05, 3.63) is 80.9 Å². The van der Waals surface area contributed by atoms with Crippen LogP contribution in [-0.2, 0) is 11.8 Å². The number of rotatable bonds is 4. The number of hydrogen-bond donors (Lipinski definition) is 0. The van der Waals surface area contributed by atoms with Crippen LogP contribution in [0.2, 0.25) is 0 Å². The van der Waals surface area contributed by atoms with Gasteiger partial charge in [0.15, 0.2) is 0 Å². The van der Waals surface area contributed by atoms with Crippen molar-refractivity contribution >= 4 is 11.6 Å². The van der Waals surface area contributed by atoms with Crippen LogP contribution in [0.3, 0.4) is 0 Å². The van der Waals surface area contributed by atoms with E-state index >= 15 is 0 Å². The van der Waals surface area contributed by atoms with Gasteiger partial charge in [-0.15, -0.1) is 0 Å². The minimum atomic E-state index is -0.494. The van der Waals surface area contributed by atoms with Crippen LogP contribution in [0.25, 0.3) is 11.3 Å².